The van der Waals surface area contributed by atoms with E-state index in [0.29, 0.717) is 17.9 Å². The highest BCUT2D eigenvalue weighted by atomic mass is 16.3. The fourth-order valence-corrected chi connectivity index (χ4v) is 4.43. The third kappa shape index (κ3) is 2.24. The van der Waals surface area contributed by atoms with Gasteiger partial charge in [-0.1, -0.05) is 50.3 Å². The van der Waals surface area contributed by atoms with Crippen molar-refractivity contribution in [3.63, 3.8) is 0 Å². The number of furan rings is 1. The van der Waals surface area contributed by atoms with Crippen LogP contribution in [0.15, 0.2) is 53.1 Å². The molecule has 0 saturated carbocycles. The van der Waals surface area contributed by atoms with Crippen molar-refractivity contribution in [3.8, 4) is 0 Å². The van der Waals surface area contributed by atoms with Crippen LogP contribution >= 0.6 is 0 Å². The molecule has 126 valence electrons. The molecule has 1 aliphatic carbocycles. The molecule has 2 heterocycles. The number of benzene rings is 2. The van der Waals surface area contributed by atoms with E-state index >= 15 is 0 Å². The summed E-state index contributed by atoms with van der Waals surface area (Å²) in [6.45, 7) is 4.52. The van der Waals surface area contributed by atoms with Crippen molar-refractivity contribution in [2.24, 2.45) is 5.92 Å². The van der Waals surface area contributed by atoms with Gasteiger partial charge < -0.3 is 9.73 Å². The molecular formula is C23H23NO. The molecule has 1 aromatic heterocycles. The first-order valence-corrected chi connectivity index (χ1v) is 9.28. The third-order valence-electron chi connectivity index (χ3n) is 5.52. The van der Waals surface area contributed by atoms with E-state index in [1.807, 2.05) is 0 Å². The van der Waals surface area contributed by atoms with Crippen LogP contribution in [0, 0.1) is 5.92 Å². The van der Waals surface area contributed by atoms with Gasteiger partial charge in [0.25, 0.3) is 0 Å². The van der Waals surface area contributed by atoms with Gasteiger partial charge in [-0.05, 0) is 48.2 Å². The van der Waals surface area contributed by atoms with E-state index in [4.69, 9.17) is 4.42 Å². The maximum absolute atomic E-state index is 6.55. The summed E-state index contributed by atoms with van der Waals surface area (Å²) in [5.41, 5.74) is 6.06. The van der Waals surface area contributed by atoms with Crippen LogP contribution in [0.4, 0.5) is 0 Å². The molecule has 2 atom stereocenters. The minimum atomic E-state index is 0.378. The van der Waals surface area contributed by atoms with Gasteiger partial charge in [0.05, 0.1) is 0 Å². The molecule has 0 radical (unpaired) electrons. The van der Waals surface area contributed by atoms with Crippen molar-refractivity contribution >= 4 is 28.0 Å². The van der Waals surface area contributed by atoms with Crippen LogP contribution in [0.25, 0.3) is 28.0 Å². The molecule has 2 nitrogen and oxygen atoms in total. The minimum Gasteiger partial charge on any atom is -0.455 e. The lowest BCUT2D eigenvalue weighted by atomic mass is 9.89. The van der Waals surface area contributed by atoms with Crippen LogP contribution in [0.1, 0.15) is 42.9 Å². The van der Waals surface area contributed by atoms with Crippen LogP contribution in [0.2, 0.25) is 0 Å². The molecule has 0 spiro atoms. The first-order chi connectivity index (χ1) is 12.2. The summed E-state index contributed by atoms with van der Waals surface area (Å²) >= 11 is 0. The highest BCUT2D eigenvalue weighted by molar-refractivity contribution is 6.07. The summed E-state index contributed by atoms with van der Waals surface area (Å²) in [5.74, 6) is 0.994. The van der Waals surface area contributed by atoms with E-state index in [2.05, 4.69) is 73.9 Å². The second-order valence-electron chi connectivity index (χ2n) is 7.74. The molecule has 3 aromatic rings. The van der Waals surface area contributed by atoms with Crippen LogP contribution in [0.5, 0.6) is 0 Å². The van der Waals surface area contributed by atoms with Crippen molar-refractivity contribution in [2.75, 3.05) is 0 Å². The van der Waals surface area contributed by atoms with Crippen molar-refractivity contribution < 1.29 is 4.42 Å². The zero-order chi connectivity index (χ0) is 17.0. The molecule has 1 N–H and O–H groups in total. The number of rotatable bonds is 2. The molecule has 1 unspecified atom stereocenters. The Morgan fingerprint density at radius 1 is 1.12 bits per heavy atom. The normalized spacial score (nSPS) is 21.6. The molecule has 0 amide bonds. The maximum atomic E-state index is 6.55. The molecule has 2 aromatic carbocycles. The van der Waals surface area contributed by atoms with E-state index in [-0.39, 0.29) is 0 Å². The van der Waals surface area contributed by atoms with Gasteiger partial charge in [0.2, 0.25) is 0 Å². The number of fused-ring (bicyclic) bond motifs is 7. The first kappa shape index (κ1) is 14.8. The molecule has 5 rings (SSSR count). The molecule has 2 aliphatic rings. The molecule has 25 heavy (non-hydrogen) atoms. The largest absolute Gasteiger partial charge is 0.455 e. The molecular weight excluding hydrogens is 306 g/mol. The fraction of sp³-hybridized carbons (Fsp3) is 0.304. The monoisotopic (exact) mass is 329 g/mol. The van der Waals surface area contributed by atoms with E-state index < -0.39 is 0 Å². The van der Waals surface area contributed by atoms with E-state index in [0.717, 1.165) is 24.0 Å². The van der Waals surface area contributed by atoms with Crippen LogP contribution in [-0.4, -0.2) is 6.04 Å². The zero-order valence-electron chi connectivity index (χ0n) is 14.8. The van der Waals surface area contributed by atoms with Crippen molar-refractivity contribution in [1.82, 2.24) is 5.32 Å². The Morgan fingerprint density at radius 2 is 2.00 bits per heavy atom. The van der Waals surface area contributed by atoms with Crippen molar-refractivity contribution in [2.45, 2.75) is 38.6 Å². The van der Waals surface area contributed by atoms with Crippen molar-refractivity contribution in [1.29, 1.82) is 0 Å². The topological polar surface area (TPSA) is 25.2 Å². The summed E-state index contributed by atoms with van der Waals surface area (Å²) in [7, 11) is 0. The van der Waals surface area contributed by atoms with Crippen LogP contribution in [-0.2, 0) is 6.42 Å². The zero-order valence-corrected chi connectivity index (χ0v) is 14.8. The number of hydrogen-bond donors (Lipinski definition) is 1. The maximum Gasteiger partial charge on any atom is 0.139 e. The summed E-state index contributed by atoms with van der Waals surface area (Å²) in [4.78, 5) is 0. The van der Waals surface area contributed by atoms with Gasteiger partial charge in [-0.3, -0.25) is 0 Å². The Morgan fingerprint density at radius 3 is 2.88 bits per heavy atom. The Bertz CT molecular complexity index is 1020. The van der Waals surface area contributed by atoms with E-state index in [1.54, 1.807) is 0 Å². The Balaban J connectivity index is 1.82. The predicted octanol–water partition coefficient (Wildman–Crippen LogP) is 5.77. The first-order valence-electron chi connectivity index (χ1n) is 9.28. The highest BCUT2D eigenvalue weighted by Crippen LogP contribution is 2.42. The summed E-state index contributed by atoms with van der Waals surface area (Å²) in [6, 6.07) is 11.5. The van der Waals surface area contributed by atoms with Crippen LogP contribution in [0.3, 0.4) is 0 Å². The highest BCUT2D eigenvalue weighted by Gasteiger charge is 2.30. The van der Waals surface area contributed by atoms with Gasteiger partial charge in [0, 0.05) is 28.3 Å². The smallest absolute Gasteiger partial charge is 0.139 e. The molecule has 1 aliphatic heterocycles. The minimum absolute atomic E-state index is 0.378. The lowest BCUT2D eigenvalue weighted by Gasteiger charge is -2.19. The second kappa shape index (κ2) is 5.52. The van der Waals surface area contributed by atoms with Gasteiger partial charge in [-0.25, -0.2) is 0 Å². The van der Waals surface area contributed by atoms with Crippen molar-refractivity contribution in [3.05, 3.63) is 65.4 Å². The van der Waals surface area contributed by atoms with E-state index in [1.165, 1.54) is 27.5 Å². The average molecular weight is 329 g/mol. The summed E-state index contributed by atoms with van der Waals surface area (Å²) in [6.07, 6.45) is 11.0. The lowest BCUT2D eigenvalue weighted by Crippen LogP contribution is -2.26. The van der Waals surface area contributed by atoms with Gasteiger partial charge in [0.1, 0.15) is 11.2 Å². The molecule has 0 saturated heterocycles. The Hall–Kier alpha value is -2.48. The molecule has 0 bridgehead atoms. The second-order valence-corrected chi connectivity index (χ2v) is 7.74. The van der Waals surface area contributed by atoms with Gasteiger partial charge in [-0.15, -0.1) is 0 Å². The standard InChI is InChI=1S/C23H23NO/c1-14(2)13-16-5-3-6-17-18-10-9-15-11-12-24-20-8-4-7-19(20)21(15)23(18)25-22(16)17/h3-7,9-12,14,19-20,24H,8,13H2,1-2H3/t19-,20?/m1/s1. The van der Waals surface area contributed by atoms with E-state index in [9.17, 15) is 0 Å². The third-order valence-corrected chi connectivity index (χ3v) is 5.52. The number of hydrogen-bond acceptors (Lipinski definition) is 2. The predicted molar refractivity (Wildman–Crippen MR) is 105 cm³/mol. The van der Waals surface area contributed by atoms with Gasteiger partial charge in [-0.2, -0.15) is 0 Å². The Kier molecular flexibility index (Phi) is 3.27. The van der Waals surface area contributed by atoms with Crippen LogP contribution < -0.4 is 5.32 Å². The number of para-hydroxylation sites is 1. The SMILES string of the molecule is CC(C)Cc1cccc2c1oc1c3c(ccc12)C=CNC1CC=C[C@@H]31. The quantitative estimate of drug-likeness (QED) is 0.604. The lowest BCUT2D eigenvalue weighted by molar-refractivity contribution is 0.565. The van der Waals surface area contributed by atoms with Gasteiger partial charge in [0.15, 0.2) is 0 Å². The fourth-order valence-electron chi connectivity index (χ4n) is 4.43. The van der Waals surface area contributed by atoms with Gasteiger partial charge >= 0.3 is 0 Å². The number of nitrogens with one attached hydrogen (secondary N) is 1. The molecule has 2 heteroatoms. The summed E-state index contributed by atoms with van der Waals surface area (Å²) < 4.78 is 6.55. The molecule has 0 fully saturated rings. The average Bonchev–Trinajstić information content (AvgIpc) is 3.15. The Labute approximate surface area is 148 Å². The summed E-state index contributed by atoms with van der Waals surface area (Å²) in [5, 5.41) is 6.03.